The van der Waals surface area contributed by atoms with E-state index in [1.54, 1.807) is 7.11 Å². The molecule has 0 bridgehead atoms. The molecule has 88 valence electrons. The number of nitrogens with one attached hydrogen (secondary N) is 1. The van der Waals surface area contributed by atoms with Gasteiger partial charge in [-0.05, 0) is 41.1 Å². The summed E-state index contributed by atoms with van der Waals surface area (Å²) in [7, 11) is 1.72. The summed E-state index contributed by atoms with van der Waals surface area (Å²) in [6.07, 6.45) is 1.08. The minimum Gasteiger partial charge on any atom is -0.497 e. The molecule has 0 radical (unpaired) electrons. The molecule has 1 aromatic carbocycles. The third kappa shape index (κ3) is 1.96. The summed E-state index contributed by atoms with van der Waals surface area (Å²) in [5, 5.41) is 5.72. The Kier molecular flexibility index (Phi) is 2.87. The second-order valence-corrected chi connectivity index (χ2v) is 5.20. The molecular weight excluding hydrogens is 230 g/mol. The SMILES string of the molecule is COc1ccc2c(c1)CCNC2c1cccs1. The second-order valence-electron chi connectivity index (χ2n) is 4.22. The maximum atomic E-state index is 5.29. The molecule has 17 heavy (non-hydrogen) atoms. The van der Waals surface area contributed by atoms with Gasteiger partial charge in [-0.25, -0.2) is 0 Å². The molecule has 0 saturated heterocycles. The third-order valence-electron chi connectivity index (χ3n) is 3.23. The Hall–Kier alpha value is -1.32. The van der Waals surface area contributed by atoms with Gasteiger partial charge < -0.3 is 10.1 Å². The molecule has 1 aliphatic rings. The number of ether oxygens (including phenoxy) is 1. The highest BCUT2D eigenvalue weighted by Crippen LogP contribution is 2.32. The fourth-order valence-corrected chi connectivity index (χ4v) is 3.20. The van der Waals surface area contributed by atoms with E-state index in [0.29, 0.717) is 6.04 Å². The van der Waals surface area contributed by atoms with E-state index in [2.05, 4.69) is 35.0 Å². The van der Waals surface area contributed by atoms with Gasteiger partial charge in [0, 0.05) is 11.4 Å². The van der Waals surface area contributed by atoms with Crippen LogP contribution < -0.4 is 10.1 Å². The molecule has 2 nitrogen and oxygen atoms in total. The van der Waals surface area contributed by atoms with Crippen molar-refractivity contribution >= 4 is 11.3 Å². The molecule has 1 N–H and O–H groups in total. The van der Waals surface area contributed by atoms with Crippen LogP contribution in [0.25, 0.3) is 0 Å². The lowest BCUT2D eigenvalue weighted by molar-refractivity contribution is 0.413. The van der Waals surface area contributed by atoms with Crippen LogP contribution in [0.2, 0.25) is 0 Å². The molecule has 0 spiro atoms. The lowest BCUT2D eigenvalue weighted by Gasteiger charge is -2.26. The molecular formula is C14H15NOS. The highest BCUT2D eigenvalue weighted by Gasteiger charge is 2.22. The maximum absolute atomic E-state index is 5.29. The number of thiophene rings is 1. The highest BCUT2D eigenvalue weighted by atomic mass is 32.1. The van der Waals surface area contributed by atoms with Crippen LogP contribution in [0.15, 0.2) is 35.7 Å². The molecule has 3 rings (SSSR count). The summed E-state index contributed by atoms with van der Waals surface area (Å²) in [6, 6.07) is 11.1. The quantitative estimate of drug-likeness (QED) is 0.878. The Morgan fingerprint density at radius 1 is 1.35 bits per heavy atom. The van der Waals surface area contributed by atoms with Crippen molar-refractivity contribution in [1.82, 2.24) is 5.32 Å². The molecule has 1 atom stereocenters. The summed E-state index contributed by atoms with van der Waals surface area (Å²) in [5.74, 6) is 0.954. The van der Waals surface area contributed by atoms with Crippen molar-refractivity contribution in [3.05, 3.63) is 51.7 Å². The normalized spacial score (nSPS) is 18.8. The first-order valence-corrected chi connectivity index (χ1v) is 6.70. The van der Waals surface area contributed by atoms with E-state index in [-0.39, 0.29) is 0 Å². The zero-order valence-electron chi connectivity index (χ0n) is 9.77. The average Bonchev–Trinajstić information content (AvgIpc) is 2.91. The minimum absolute atomic E-state index is 0.352. The second kappa shape index (κ2) is 4.51. The first-order chi connectivity index (χ1) is 8.38. The van der Waals surface area contributed by atoms with Gasteiger partial charge in [-0.1, -0.05) is 12.1 Å². The van der Waals surface area contributed by atoms with Crippen LogP contribution in [0.1, 0.15) is 22.0 Å². The molecule has 0 amide bonds. The van der Waals surface area contributed by atoms with E-state index < -0.39 is 0 Å². The summed E-state index contributed by atoms with van der Waals surface area (Å²) < 4.78 is 5.29. The van der Waals surface area contributed by atoms with Crippen molar-refractivity contribution in [2.45, 2.75) is 12.5 Å². The number of benzene rings is 1. The van der Waals surface area contributed by atoms with Crippen molar-refractivity contribution in [1.29, 1.82) is 0 Å². The van der Waals surface area contributed by atoms with E-state index in [1.807, 2.05) is 17.4 Å². The molecule has 0 fully saturated rings. The Balaban J connectivity index is 2.02. The zero-order valence-corrected chi connectivity index (χ0v) is 10.6. The largest absolute Gasteiger partial charge is 0.497 e. The van der Waals surface area contributed by atoms with Crippen molar-refractivity contribution in [2.75, 3.05) is 13.7 Å². The molecule has 0 aliphatic carbocycles. The Bertz CT molecular complexity index is 507. The van der Waals surface area contributed by atoms with Crippen LogP contribution in [0, 0.1) is 0 Å². The first kappa shape index (κ1) is 10.8. The average molecular weight is 245 g/mol. The van der Waals surface area contributed by atoms with Gasteiger partial charge in [0.2, 0.25) is 0 Å². The van der Waals surface area contributed by atoms with Crippen LogP contribution in [0.5, 0.6) is 5.75 Å². The van der Waals surface area contributed by atoms with Crippen LogP contribution in [-0.4, -0.2) is 13.7 Å². The van der Waals surface area contributed by atoms with Gasteiger partial charge in [0.25, 0.3) is 0 Å². The Labute approximate surface area is 105 Å². The highest BCUT2D eigenvalue weighted by molar-refractivity contribution is 7.10. The van der Waals surface area contributed by atoms with Gasteiger partial charge in [0.15, 0.2) is 0 Å². The van der Waals surface area contributed by atoms with E-state index in [1.165, 1.54) is 16.0 Å². The van der Waals surface area contributed by atoms with E-state index in [9.17, 15) is 0 Å². The Morgan fingerprint density at radius 3 is 3.06 bits per heavy atom. The smallest absolute Gasteiger partial charge is 0.119 e. The van der Waals surface area contributed by atoms with Crippen molar-refractivity contribution in [2.24, 2.45) is 0 Å². The molecule has 1 aliphatic heterocycles. The topological polar surface area (TPSA) is 21.3 Å². The van der Waals surface area contributed by atoms with Crippen LogP contribution in [0.4, 0.5) is 0 Å². The fourth-order valence-electron chi connectivity index (χ4n) is 2.38. The van der Waals surface area contributed by atoms with Crippen molar-refractivity contribution in [3.63, 3.8) is 0 Å². The van der Waals surface area contributed by atoms with Crippen LogP contribution in [0.3, 0.4) is 0 Å². The van der Waals surface area contributed by atoms with E-state index in [0.717, 1.165) is 18.7 Å². The van der Waals surface area contributed by atoms with Gasteiger partial charge in [-0.3, -0.25) is 0 Å². The number of methoxy groups -OCH3 is 1. The van der Waals surface area contributed by atoms with Crippen molar-refractivity contribution in [3.8, 4) is 5.75 Å². The molecule has 0 saturated carbocycles. The van der Waals surface area contributed by atoms with Crippen molar-refractivity contribution < 1.29 is 4.74 Å². The summed E-state index contributed by atoms with van der Waals surface area (Å²) >= 11 is 1.81. The van der Waals surface area contributed by atoms with Gasteiger partial charge in [0.05, 0.1) is 13.2 Å². The number of fused-ring (bicyclic) bond motifs is 1. The van der Waals surface area contributed by atoms with Gasteiger partial charge >= 0.3 is 0 Å². The van der Waals surface area contributed by atoms with Gasteiger partial charge in [0.1, 0.15) is 5.75 Å². The van der Waals surface area contributed by atoms with E-state index in [4.69, 9.17) is 4.74 Å². The standard InChI is InChI=1S/C14H15NOS/c1-16-11-4-5-12-10(9-11)6-7-15-14(12)13-3-2-8-17-13/h2-5,8-9,14-15H,6-7H2,1H3. The lowest BCUT2D eigenvalue weighted by Crippen LogP contribution is -2.29. The van der Waals surface area contributed by atoms with Crippen LogP contribution in [-0.2, 0) is 6.42 Å². The predicted octanol–water partition coefficient (Wildman–Crippen LogP) is 2.99. The summed E-state index contributed by atoms with van der Waals surface area (Å²) in [4.78, 5) is 1.39. The minimum atomic E-state index is 0.352. The molecule has 2 aromatic rings. The van der Waals surface area contributed by atoms with Crippen LogP contribution >= 0.6 is 11.3 Å². The predicted molar refractivity (Wildman–Crippen MR) is 70.9 cm³/mol. The third-order valence-corrected chi connectivity index (χ3v) is 4.17. The maximum Gasteiger partial charge on any atom is 0.119 e. The molecule has 1 unspecified atom stereocenters. The van der Waals surface area contributed by atoms with Gasteiger partial charge in [-0.2, -0.15) is 0 Å². The number of hydrogen-bond acceptors (Lipinski definition) is 3. The van der Waals surface area contributed by atoms with E-state index >= 15 is 0 Å². The number of hydrogen-bond donors (Lipinski definition) is 1. The van der Waals surface area contributed by atoms with Gasteiger partial charge in [-0.15, -0.1) is 11.3 Å². The summed E-state index contributed by atoms with van der Waals surface area (Å²) in [5.41, 5.74) is 2.79. The summed E-state index contributed by atoms with van der Waals surface area (Å²) in [6.45, 7) is 1.03. The molecule has 3 heteroatoms. The molecule has 1 aromatic heterocycles. The number of rotatable bonds is 2. The lowest BCUT2D eigenvalue weighted by atomic mass is 9.93. The monoisotopic (exact) mass is 245 g/mol. The molecule has 2 heterocycles. The first-order valence-electron chi connectivity index (χ1n) is 5.82. The Morgan fingerprint density at radius 2 is 2.29 bits per heavy atom. The fraction of sp³-hybridized carbons (Fsp3) is 0.286. The zero-order chi connectivity index (χ0) is 11.7.